The van der Waals surface area contributed by atoms with Crippen LogP contribution >= 0.6 is 0 Å². The fourth-order valence-electron chi connectivity index (χ4n) is 4.52. The Bertz CT molecular complexity index is 1200. The van der Waals surface area contributed by atoms with E-state index in [0.29, 0.717) is 24.2 Å². The number of hydrogen-bond acceptors (Lipinski definition) is 6. The van der Waals surface area contributed by atoms with Gasteiger partial charge < -0.3 is 9.64 Å². The van der Waals surface area contributed by atoms with E-state index in [1.807, 2.05) is 13.1 Å². The summed E-state index contributed by atoms with van der Waals surface area (Å²) in [6.45, 7) is 7.97. The number of aryl methyl sites for hydroxylation is 1. The molecule has 3 aromatic heterocycles. The van der Waals surface area contributed by atoms with E-state index in [4.69, 9.17) is 14.7 Å². The first-order valence-electron chi connectivity index (χ1n) is 10.9. The number of hydrogen-bond donors (Lipinski definition) is 0. The van der Waals surface area contributed by atoms with Crippen LogP contribution in [0.1, 0.15) is 46.8 Å². The Hall–Kier alpha value is -2.74. The number of pyridine rings is 1. The normalized spacial score (nSPS) is 19.2. The highest BCUT2D eigenvalue weighted by atomic mass is 16.5. The van der Waals surface area contributed by atoms with Gasteiger partial charge in [0.15, 0.2) is 0 Å². The van der Waals surface area contributed by atoms with Crippen molar-refractivity contribution in [3.8, 4) is 0 Å². The van der Waals surface area contributed by atoms with Gasteiger partial charge in [0.05, 0.1) is 13.2 Å². The van der Waals surface area contributed by atoms with Gasteiger partial charge in [-0.1, -0.05) is 6.07 Å². The van der Waals surface area contributed by atoms with Crippen LogP contribution in [0.3, 0.4) is 0 Å². The summed E-state index contributed by atoms with van der Waals surface area (Å²) in [5.41, 5.74) is 5.60. The topological polar surface area (TPSA) is 77.5 Å². The van der Waals surface area contributed by atoms with Crippen molar-refractivity contribution in [1.82, 2.24) is 24.1 Å². The maximum Gasteiger partial charge on any atom is 0.351 e. The van der Waals surface area contributed by atoms with Crippen molar-refractivity contribution in [2.45, 2.75) is 52.1 Å². The molecule has 1 saturated heterocycles. The molecule has 156 valence electrons. The van der Waals surface area contributed by atoms with Crippen molar-refractivity contribution < 1.29 is 4.74 Å². The standard InChI is InChI=1S/C22H26N6O2/c1-13-14(2)28-21(25-27(22(28)29)9-15-3-4-15)24-20(13)26-6-5-19-17(10-26)7-16(8-23-19)18-11-30-12-18/h7-8,15,18H,3-6,9-12H2,1-2H3. The molecule has 30 heavy (non-hydrogen) atoms. The Labute approximate surface area is 174 Å². The molecular weight excluding hydrogens is 380 g/mol. The van der Waals surface area contributed by atoms with Crippen LogP contribution in [0.2, 0.25) is 0 Å². The summed E-state index contributed by atoms with van der Waals surface area (Å²) in [6.07, 6.45) is 5.28. The molecule has 0 atom stereocenters. The molecule has 2 aliphatic heterocycles. The molecule has 0 aromatic carbocycles. The molecule has 1 aliphatic carbocycles. The molecule has 3 aromatic rings. The zero-order valence-corrected chi connectivity index (χ0v) is 17.5. The van der Waals surface area contributed by atoms with E-state index in [0.717, 1.165) is 49.8 Å². The van der Waals surface area contributed by atoms with Crippen LogP contribution in [-0.2, 0) is 24.2 Å². The molecule has 6 rings (SSSR count). The van der Waals surface area contributed by atoms with E-state index in [2.05, 4.69) is 23.0 Å². The first kappa shape index (κ1) is 18.1. The maximum absolute atomic E-state index is 12.8. The van der Waals surface area contributed by atoms with E-state index in [9.17, 15) is 4.79 Å². The first-order chi connectivity index (χ1) is 14.6. The van der Waals surface area contributed by atoms with Crippen molar-refractivity contribution >= 4 is 11.6 Å². The molecule has 0 amide bonds. The molecule has 0 N–H and O–H groups in total. The monoisotopic (exact) mass is 406 g/mol. The van der Waals surface area contributed by atoms with Crippen LogP contribution in [0, 0.1) is 19.8 Å². The number of aromatic nitrogens is 5. The average molecular weight is 406 g/mol. The smallest absolute Gasteiger partial charge is 0.351 e. The lowest BCUT2D eigenvalue weighted by atomic mass is 9.95. The summed E-state index contributed by atoms with van der Waals surface area (Å²) in [4.78, 5) is 24.7. The molecule has 0 bridgehead atoms. The molecule has 3 aliphatic rings. The summed E-state index contributed by atoms with van der Waals surface area (Å²) in [7, 11) is 0. The summed E-state index contributed by atoms with van der Waals surface area (Å²) in [5.74, 6) is 2.49. The second-order valence-corrected chi connectivity index (χ2v) is 8.97. The molecule has 8 heteroatoms. The van der Waals surface area contributed by atoms with Crippen LogP contribution in [0.4, 0.5) is 5.82 Å². The molecule has 0 unspecified atom stereocenters. The minimum Gasteiger partial charge on any atom is -0.380 e. The van der Waals surface area contributed by atoms with Gasteiger partial charge in [-0.2, -0.15) is 4.98 Å². The van der Waals surface area contributed by atoms with Crippen molar-refractivity contribution in [3.05, 3.63) is 50.8 Å². The Kier molecular flexibility index (Phi) is 3.99. The van der Waals surface area contributed by atoms with E-state index in [-0.39, 0.29) is 5.69 Å². The minimum atomic E-state index is -0.0721. The van der Waals surface area contributed by atoms with Gasteiger partial charge >= 0.3 is 5.69 Å². The molecule has 1 saturated carbocycles. The summed E-state index contributed by atoms with van der Waals surface area (Å²) < 4.78 is 8.61. The van der Waals surface area contributed by atoms with Crippen molar-refractivity contribution in [2.24, 2.45) is 5.92 Å². The van der Waals surface area contributed by atoms with Gasteiger partial charge in [-0.05, 0) is 43.7 Å². The summed E-state index contributed by atoms with van der Waals surface area (Å²) in [6, 6.07) is 2.29. The molecule has 2 fully saturated rings. The van der Waals surface area contributed by atoms with E-state index >= 15 is 0 Å². The predicted molar refractivity (Wildman–Crippen MR) is 112 cm³/mol. The fraction of sp³-hybridized carbons (Fsp3) is 0.545. The van der Waals surface area contributed by atoms with Crippen LogP contribution in [0.15, 0.2) is 17.1 Å². The first-order valence-corrected chi connectivity index (χ1v) is 10.9. The Balaban J connectivity index is 1.36. The van der Waals surface area contributed by atoms with Crippen LogP contribution < -0.4 is 10.6 Å². The van der Waals surface area contributed by atoms with E-state index in [1.165, 1.54) is 29.7 Å². The lowest BCUT2D eigenvalue weighted by Gasteiger charge is -2.32. The Morgan fingerprint density at radius 1 is 1.23 bits per heavy atom. The van der Waals surface area contributed by atoms with Gasteiger partial charge in [0.1, 0.15) is 5.82 Å². The Morgan fingerprint density at radius 2 is 2.07 bits per heavy atom. The van der Waals surface area contributed by atoms with Crippen molar-refractivity contribution in [3.63, 3.8) is 0 Å². The van der Waals surface area contributed by atoms with Crippen LogP contribution in [-0.4, -0.2) is 43.9 Å². The maximum atomic E-state index is 12.8. The summed E-state index contributed by atoms with van der Waals surface area (Å²) >= 11 is 0. The van der Waals surface area contributed by atoms with Gasteiger partial charge in [-0.3, -0.25) is 4.98 Å². The quantitative estimate of drug-likeness (QED) is 0.660. The van der Waals surface area contributed by atoms with Crippen molar-refractivity contribution in [2.75, 3.05) is 24.7 Å². The van der Waals surface area contributed by atoms with E-state index in [1.54, 1.807) is 9.08 Å². The van der Waals surface area contributed by atoms with Crippen molar-refractivity contribution in [1.29, 1.82) is 0 Å². The van der Waals surface area contributed by atoms with Gasteiger partial charge in [-0.15, -0.1) is 5.10 Å². The SMILES string of the molecule is Cc1c(N2CCc3ncc(C4COC4)cc3C2)nc2nn(CC3CC3)c(=O)n2c1C. The largest absolute Gasteiger partial charge is 0.380 e. The Morgan fingerprint density at radius 3 is 2.80 bits per heavy atom. The lowest BCUT2D eigenvalue weighted by molar-refractivity contribution is 0.00824. The van der Waals surface area contributed by atoms with Crippen LogP contribution in [0.25, 0.3) is 5.78 Å². The second kappa shape index (κ2) is 6.63. The molecule has 0 radical (unpaired) electrons. The minimum absolute atomic E-state index is 0.0721. The molecular formula is C22H26N6O2. The zero-order valence-electron chi connectivity index (χ0n) is 17.5. The second-order valence-electron chi connectivity index (χ2n) is 8.97. The number of ether oxygens (including phenoxy) is 1. The third-order valence-electron chi connectivity index (χ3n) is 6.84. The third-order valence-corrected chi connectivity index (χ3v) is 6.84. The van der Waals surface area contributed by atoms with E-state index < -0.39 is 0 Å². The summed E-state index contributed by atoms with van der Waals surface area (Å²) in [5, 5.41) is 4.55. The molecule has 5 heterocycles. The highest BCUT2D eigenvalue weighted by Crippen LogP contribution is 2.31. The van der Waals surface area contributed by atoms with Crippen LogP contribution in [0.5, 0.6) is 0 Å². The van der Waals surface area contributed by atoms with Gasteiger partial charge in [-0.25, -0.2) is 13.9 Å². The van der Waals surface area contributed by atoms with Gasteiger partial charge in [0, 0.05) is 55.1 Å². The fourth-order valence-corrected chi connectivity index (χ4v) is 4.52. The van der Waals surface area contributed by atoms with Gasteiger partial charge in [0.25, 0.3) is 5.78 Å². The average Bonchev–Trinajstić information content (AvgIpc) is 3.46. The van der Waals surface area contributed by atoms with Gasteiger partial charge in [0.2, 0.25) is 0 Å². The lowest BCUT2D eigenvalue weighted by Crippen LogP contribution is -2.33. The predicted octanol–water partition coefficient (Wildman–Crippen LogP) is 1.99. The molecule has 0 spiro atoms. The molecule has 8 nitrogen and oxygen atoms in total. The zero-order chi connectivity index (χ0) is 20.4. The number of anilines is 1. The highest BCUT2D eigenvalue weighted by molar-refractivity contribution is 5.55. The third kappa shape index (κ3) is 2.85. The number of nitrogens with zero attached hydrogens (tertiary/aromatic N) is 6. The number of rotatable bonds is 4. The number of fused-ring (bicyclic) bond motifs is 2. The highest BCUT2D eigenvalue weighted by Gasteiger charge is 2.27.